The minimum atomic E-state index is -0.742. The molecule has 0 amide bonds. The second kappa shape index (κ2) is 6.33. The zero-order valence-electron chi connectivity index (χ0n) is 9.24. The first-order chi connectivity index (χ1) is 7.59. The topological polar surface area (TPSA) is 37.3 Å². The highest BCUT2D eigenvalue weighted by molar-refractivity contribution is 6.30. The number of benzene rings is 1. The van der Waals surface area contributed by atoms with Crippen LogP contribution in [0.15, 0.2) is 30.3 Å². The summed E-state index contributed by atoms with van der Waals surface area (Å²) in [4.78, 5) is 10.3. The van der Waals surface area contributed by atoms with E-state index < -0.39 is 5.97 Å². The van der Waals surface area contributed by atoms with Crippen LogP contribution in [0.25, 0.3) is 5.57 Å². The van der Waals surface area contributed by atoms with Crippen LogP contribution < -0.4 is 0 Å². The Hall–Kier alpha value is -1.28. The molecule has 0 saturated carbocycles. The predicted octanol–water partition coefficient (Wildman–Crippen LogP) is 4.00. The summed E-state index contributed by atoms with van der Waals surface area (Å²) in [5.41, 5.74) is 2.22. The van der Waals surface area contributed by atoms with Crippen molar-refractivity contribution in [3.05, 3.63) is 40.9 Å². The van der Waals surface area contributed by atoms with Crippen LogP contribution in [0, 0.1) is 0 Å². The van der Waals surface area contributed by atoms with Crippen molar-refractivity contribution in [2.45, 2.75) is 26.2 Å². The standard InChI is InChI=1S/C13H15ClO2/c1-10(5-2-3-8-13(15)16)11-6-4-7-12(14)9-11/h4-7,9H,2-3,8H2,1H3,(H,15,16)/b10-5+. The molecule has 0 spiro atoms. The number of carboxylic acid groups (broad SMARTS) is 1. The first-order valence-electron chi connectivity index (χ1n) is 5.24. The molecule has 0 atom stereocenters. The van der Waals surface area contributed by atoms with Crippen molar-refractivity contribution in [2.75, 3.05) is 0 Å². The number of unbranched alkanes of at least 4 members (excludes halogenated alkanes) is 1. The molecule has 0 unspecified atom stereocenters. The van der Waals surface area contributed by atoms with E-state index >= 15 is 0 Å². The van der Waals surface area contributed by atoms with Crippen molar-refractivity contribution in [1.82, 2.24) is 0 Å². The fourth-order valence-corrected chi connectivity index (χ4v) is 1.61. The number of hydrogen-bond donors (Lipinski definition) is 1. The van der Waals surface area contributed by atoms with Gasteiger partial charge in [0, 0.05) is 11.4 Å². The third kappa shape index (κ3) is 4.49. The van der Waals surface area contributed by atoms with Crippen LogP contribution in [-0.4, -0.2) is 11.1 Å². The van der Waals surface area contributed by atoms with Crippen LogP contribution in [0.1, 0.15) is 31.7 Å². The first kappa shape index (κ1) is 12.8. The first-order valence-corrected chi connectivity index (χ1v) is 5.62. The van der Waals surface area contributed by atoms with Crippen molar-refractivity contribution in [1.29, 1.82) is 0 Å². The molecule has 1 N–H and O–H groups in total. The Labute approximate surface area is 101 Å². The molecule has 0 bridgehead atoms. The van der Waals surface area contributed by atoms with Crippen molar-refractivity contribution < 1.29 is 9.90 Å². The molecule has 0 heterocycles. The second-order valence-electron chi connectivity index (χ2n) is 3.68. The fourth-order valence-electron chi connectivity index (χ4n) is 1.42. The van der Waals surface area contributed by atoms with Gasteiger partial charge in [-0.1, -0.05) is 29.8 Å². The highest BCUT2D eigenvalue weighted by Gasteiger charge is 1.98. The summed E-state index contributed by atoms with van der Waals surface area (Å²) in [6.45, 7) is 2.01. The Bertz CT molecular complexity index is 397. The highest BCUT2D eigenvalue weighted by Crippen LogP contribution is 2.19. The molecule has 3 heteroatoms. The van der Waals surface area contributed by atoms with Gasteiger partial charge >= 0.3 is 5.97 Å². The minimum Gasteiger partial charge on any atom is -0.481 e. The second-order valence-corrected chi connectivity index (χ2v) is 4.12. The summed E-state index contributed by atoms with van der Waals surface area (Å²) in [6, 6.07) is 7.65. The summed E-state index contributed by atoms with van der Waals surface area (Å²) in [7, 11) is 0. The van der Waals surface area contributed by atoms with Gasteiger partial charge in [0.2, 0.25) is 0 Å². The van der Waals surface area contributed by atoms with Gasteiger partial charge in [0.15, 0.2) is 0 Å². The van der Waals surface area contributed by atoms with E-state index in [1.807, 2.05) is 31.2 Å². The molecular formula is C13H15ClO2. The van der Waals surface area contributed by atoms with Crippen molar-refractivity contribution in [3.8, 4) is 0 Å². The molecule has 86 valence electrons. The van der Waals surface area contributed by atoms with Crippen LogP contribution in [-0.2, 0) is 4.79 Å². The van der Waals surface area contributed by atoms with Gasteiger partial charge in [-0.25, -0.2) is 0 Å². The average Bonchev–Trinajstić information content (AvgIpc) is 2.24. The molecule has 0 radical (unpaired) electrons. The normalized spacial score (nSPS) is 11.5. The number of carbonyl (C=O) groups is 1. The van der Waals surface area contributed by atoms with Gasteiger partial charge in [-0.2, -0.15) is 0 Å². The van der Waals surface area contributed by atoms with Crippen molar-refractivity contribution in [2.24, 2.45) is 0 Å². The van der Waals surface area contributed by atoms with E-state index in [9.17, 15) is 4.79 Å². The smallest absolute Gasteiger partial charge is 0.303 e. The molecule has 0 aromatic heterocycles. The predicted molar refractivity (Wildman–Crippen MR) is 66.6 cm³/mol. The van der Waals surface area contributed by atoms with Crippen molar-refractivity contribution in [3.63, 3.8) is 0 Å². The maximum atomic E-state index is 10.3. The summed E-state index contributed by atoms with van der Waals surface area (Å²) in [6.07, 6.45) is 3.73. The summed E-state index contributed by atoms with van der Waals surface area (Å²) < 4.78 is 0. The van der Waals surface area contributed by atoms with E-state index in [0.717, 1.165) is 22.6 Å². The van der Waals surface area contributed by atoms with Gasteiger partial charge in [0.1, 0.15) is 0 Å². The van der Waals surface area contributed by atoms with E-state index in [1.54, 1.807) is 0 Å². The molecule has 1 aromatic rings. The number of allylic oxidation sites excluding steroid dienone is 2. The third-order valence-corrected chi connectivity index (χ3v) is 2.56. The van der Waals surface area contributed by atoms with Crippen LogP contribution in [0.5, 0.6) is 0 Å². The summed E-state index contributed by atoms with van der Waals surface area (Å²) in [5.74, 6) is -0.742. The molecule has 1 aromatic carbocycles. The lowest BCUT2D eigenvalue weighted by atomic mass is 10.1. The fraction of sp³-hybridized carbons (Fsp3) is 0.308. The molecule has 0 saturated heterocycles. The third-order valence-electron chi connectivity index (χ3n) is 2.33. The molecule has 0 fully saturated rings. The van der Waals surface area contributed by atoms with Gasteiger partial charge in [-0.15, -0.1) is 0 Å². The Morgan fingerprint density at radius 3 is 2.88 bits per heavy atom. The zero-order chi connectivity index (χ0) is 12.0. The Morgan fingerprint density at radius 1 is 1.50 bits per heavy atom. The van der Waals surface area contributed by atoms with E-state index in [4.69, 9.17) is 16.7 Å². The van der Waals surface area contributed by atoms with Crippen LogP contribution in [0.3, 0.4) is 0 Å². The number of carboxylic acids is 1. The lowest BCUT2D eigenvalue weighted by molar-refractivity contribution is -0.137. The van der Waals surface area contributed by atoms with Gasteiger partial charge in [-0.3, -0.25) is 4.79 Å². The van der Waals surface area contributed by atoms with Gasteiger partial charge in [-0.05, 0) is 43.0 Å². The van der Waals surface area contributed by atoms with Crippen LogP contribution >= 0.6 is 11.6 Å². The molecular weight excluding hydrogens is 224 g/mol. The van der Waals surface area contributed by atoms with Crippen molar-refractivity contribution >= 4 is 23.1 Å². The van der Waals surface area contributed by atoms with E-state index in [-0.39, 0.29) is 6.42 Å². The van der Waals surface area contributed by atoms with Gasteiger partial charge in [0.25, 0.3) is 0 Å². The molecule has 2 nitrogen and oxygen atoms in total. The molecule has 1 rings (SSSR count). The quantitative estimate of drug-likeness (QED) is 0.788. The molecule has 16 heavy (non-hydrogen) atoms. The Kier molecular flexibility index (Phi) is 5.06. The van der Waals surface area contributed by atoms with Gasteiger partial charge in [0.05, 0.1) is 0 Å². The highest BCUT2D eigenvalue weighted by atomic mass is 35.5. The molecule has 0 aliphatic heterocycles. The lowest BCUT2D eigenvalue weighted by Crippen LogP contribution is -1.92. The Morgan fingerprint density at radius 2 is 2.25 bits per heavy atom. The maximum absolute atomic E-state index is 10.3. The summed E-state index contributed by atoms with van der Waals surface area (Å²) >= 11 is 5.89. The Balaban J connectivity index is 2.53. The van der Waals surface area contributed by atoms with Crippen LogP contribution in [0.4, 0.5) is 0 Å². The monoisotopic (exact) mass is 238 g/mol. The minimum absolute atomic E-state index is 0.222. The van der Waals surface area contributed by atoms with Gasteiger partial charge < -0.3 is 5.11 Å². The van der Waals surface area contributed by atoms with E-state index in [1.165, 1.54) is 0 Å². The molecule has 0 aliphatic carbocycles. The van der Waals surface area contributed by atoms with E-state index in [0.29, 0.717) is 6.42 Å². The van der Waals surface area contributed by atoms with Crippen LogP contribution in [0.2, 0.25) is 5.02 Å². The number of hydrogen-bond acceptors (Lipinski definition) is 1. The largest absolute Gasteiger partial charge is 0.481 e. The zero-order valence-corrected chi connectivity index (χ0v) is 10.00. The number of halogens is 1. The molecule has 0 aliphatic rings. The SMILES string of the molecule is C/C(=C\CCCC(=O)O)c1cccc(Cl)c1. The number of aliphatic carboxylic acids is 1. The lowest BCUT2D eigenvalue weighted by Gasteiger charge is -2.02. The number of rotatable bonds is 5. The maximum Gasteiger partial charge on any atom is 0.303 e. The average molecular weight is 239 g/mol. The van der Waals surface area contributed by atoms with E-state index in [2.05, 4.69) is 6.08 Å². The summed E-state index contributed by atoms with van der Waals surface area (Å²) in [5, 5.41) is 9.21.